The molecule has 0 saturated carbocycles. The average Bonchev–Trinajstić information content (AvgIpc) is 3.04. The topological polar surface area (TPSA) is 94.7 Å². The Labute approximate surface area is 252 Å². The van der Waals surface area contributed by atoms with E-state index in [0.29, 0.717) is 44.0 Å². The van der Waals surface area contributed by atoms with Crippen molar-refractivity contribution in [2.75, 3.05) is 40.4 Å². The van der Waals surface area contributed by atoms with Crippen molar-refractivity contribution in [1.29, 1.82) is 0 Å². The second-order valence-electron chi connectivity index (χ2n) is 10.7. The van der Waals surface area contributed by atoms with Gasteiger partial charge >= 0.3 is 6.03 Å². The fourth-order valence-electron chi connectivity index (χ4n) is 5.86. The van der Waals surface area contributed by atoms with Crippen molar-refractivity contribution in [2.45, 2.75) is 38.5 Å². The number of methoxy groups -OCH3 is 2. The normalized spacial score (nSPS) is 18.8. The van der Waals surface area contributed by atoms with Crippen LogP contribution in [0.2, 0.25) is 0 Å². The van der Waals surface area contributed by atoms with E-state index >= 15 is 0 Å². The van der Waals surface area contributed by atoms with Gasteiger partial charge in [0.1, 0.15) is 12.2 Å². The molecule has 0 bridgehead atoms. The molecular formula is C33H39N5O5. The monoisotopic (exact) mass is 585 g/mol. The lowest BCUT2D eigenvalue weighted by Gasteiger charge is -2.55. The van der Waals surface area contributed by atoms with Gasteiger partial charge in [-0.05, 0) is 35.2 Å². The molecule has 2 saturated heterocycles. The van der Waals surface area contributed by atoms with Crippen molar-refractivity contribution in [3.8, 4) is 11.5 Å². The summed E-state index contributed by atoms with van der Waals surface area (Å²) < 4.78 is 10.8. The molecule has 1 N–H and O–H groups in total. The molecule has 2 atom stereocenters. The molecule has 0 radical (unpaired) electrons. The highest BCUT2D eigenvalue weighted by Crippen LogP contribution is 2.30. The summed E-state index contributed by atoms with van der Waals surface area (Å²) in [6.45, 7) is 3.39. The molecule has 10 nitrogen and oxygen atoms in total. The minimum absolute atomic E-state index is 0.0238. The van der Waals surface area contributed by atoms with Crippen LogP contribution < -0.4 is 14.8 Å². The molecule has 3 aromatic rings. The third kappa shape index (κ3) is 6.59. The number of hydrazine groups is 1. The zero-order valence-corrected chi connectivity index (χ0v) is 24.9. The molecule has 0 unspecified atom stereocenters. The van der Waals surface area contributed by atoms with E-state index in [1.807, 2.05) is 85.8 Å². The van der Waals surface area contributed by atoms with Gasteiger partial charge in [0.15, 0.2) is 11.5 Å². The Bertz CT molecular complexity index is 1420. The third-order valence-corrected chi connectivity index (χ3v) is 8.08. The number of amides is 4. The van der Waals surface area contributed by atoms with Crippen molar-refractivity contribution in [3.63, 3.8) is 0 Å². The number of ether oxygens (including phenoxy) is 2. The molecular weight excluding hydrogens is 546 g/mol. The number of rotatable bonds is 10. The van der Waals surface area contributed by atoms with Crippen LogP contribution in [0.1, 0.15) is 23.6 Å². The van der Waals surface area contributed by atoms with Crippen LogP contribution in [0, 0.1) is 0 Å². The highest BCUT2D eigenvalue weighted by Gasteiger charge is 2.51. The Morgan fingerprint density at radius 3 is 2.21 bits per heavy atom. The lowest BCUT2D eigenvalue weighted by atomic mass is 9.98. The SMILES string of the molecule is CCN1CC(=O)N2[C@@H](Cc3ccccc3)C(=O)N(CCc3ccc(OC)c(OC)c3)C[C@@H]2N1C(=O)NCc1ccccc1. The number of likely N-dealkylation sites (N-methyl/N-ethyl adjacent to an activating group) is 1. The first-order valence-corrected chi connectivity index (χ1v) is 14.6. The van der Waals surface area contributed by atoms with Crippen LogP contribution in [0.4, 0.5) is 4.79 Å². The summed E-state index contributed by atoms with van der Waals surface area (Å²) in [5.41, 5.74) is 2.91. The van der Waals surface area contributed by atoms with Gasteiger partial charge in [-0.15, -0.1) is 0 Å². The van der Waals surface area contributed by atoms with E-state index in [2.05, 4.69) is 5.32 Å². The molecule has 10 heteroatoms. The van der Waals surface area contributed by atoms with Gasteiger partial charge in [-0.2, -0.15) is 0 Å². The van der Waals surface area contributed by atoms with E-state index in [-0.39, 0.29) is 30.9 Å². The highest BCUT2D eigenvalue weighted by molar-refractivity contribution is 5.91. The fraction of sp³-hybridized carbons (Fsp3) is 0.364. The van der Waals surface area contributed by atoms with Gasteiger partial charge in [-0.25, -0.2) is 14.8 Å². The van der Waals surface area contributed by atoms with Gasteiger partial charge in [0, 0.05) is 26.1 Å². The van der Waals surface area contributed by atoms with Crippen LogP contribution in [-0.2, 0) is 29.0 Å². The Morgan fingerprint density at radius 2 is 1.56 bits per heavy atom. The number of fused-ring (bicyclic) bond motifs is 1. The number of nitrogens with zero attached hydrogens (tertiary/aromatic N) is 4. The minimum atomic E-state index is -0.734. The standard InChI is InChI=1S/C33H39N5O5/c1-4-36-23-31(39)37-27(19-24-11-7-5-8-12-24)32(40)35(18-17-25-15-16-28(42-2)29(20-25)43-3)22-30(37)38(36)33(41)34-21-26-13-9-6-10-14-26/h5-16,20,27,30H,4,17-19,21-23H2,1-3H3,(H,34,41)/t27-,30-/m0/s1. The molecule has 2 aliphatic heterocycles. The van der Waals surface area contributed by atoms with E-state index < -0.39 is 12.2 Å². The second kappa shape index (κ2) is 13.6. The predicted molar refractivity (Wildman–Crippen MR) is 162 cm³/mol. The zero-order valence-electron chi connectivity index (χ0n) is 24.9. The average molecular weight is 586 g/mol. The summed E-state index contributed by atoms with van der Waals surface area (Å²) >= 11 is 0. The van der Waals surface area contributed by atoms with Gasteiger partial charge in [0.05, 0.1) is 27.3 Å². The Morgan fingerprint density at radius 1 is 0.884 bits per heavy atom. The van der Waals surface area contributed by atoms with Crippen molar-refractivity contribution < 1.29 is 23.9 Å². The Balaban J connectivity index is 1.43. The fourth-order valence-corrected chi connectivity index (χ4v) is 5.86. The molecule has 0 aromatic heterocycles. The van der Waals surface area contributed by atoms with Gasteiger partial charge in [-0.1, -0.05) is 73.7 Å². The van der Waals surface area contributed by atoms with Gasteiger partial charge in [0.25, 0.3) is 0 Å². The Kier molecular flexibility index (Phi) is 9.46. The molecule has 226 valence electrons. The van der Waals surface area contributed by atoms with Crippen LogP contribution in [0.25, 0.3) is 0 Å². The molecule has 2 heterocycles. The first kappa shape index (κ1) is 29.9. The molecule has 2 aliphatic rings. The molecule has 43 heavy (non-hydrogen) atoms. The minimum Gasteiger partial charge on any atom is -0.493 e. The number of piperazine rings is 1. The van der Waals surface area contributed by atoms with Crippen molar-refractivity contribution in [3.05, 3.63) is 95.6 Å². The molecule has 5 rings (SSSR count). The zero-order chi connectivity index (χ0) is 30.3. The quantitative estimate of drug-likeness (QED) is 0.393. The van der Waals surface area contributed by atoms with E-state index in [0.717, 1.165) is 16.7 Å². The molecule has 3 aromatic carbocycles. The molecule has 0 aliphatic carbocycles. The first-order chi connectivity index (χ1) is 20.9. The third-order valence-electron chi connectivity index (χ3n) is 8.08. The van der Waals surface area contributed by atoms with Crippen LogP contribution in [0.15, 0.2) is 78.9 Å². The number of urea groups is 1. The molecule has 2 fully saturated rings. The maximum absolute atomic E-state index is 14.1. The Hall–Kier alpha value is -4.57. The summed E-state index contributed by atoms with van der Waals surface area (Å²) in [5, 5.41) is 6.44. The summed E-state index contributed by atoms with van der Waals surface area (Å²) in [6, 6.07) is 24.1. The van der Waals surface area contributed by atoms with Crippen LogP contribution in [-0.4, -0.2) is 90.3 Å². The van der Waals surface area contributed by atoms with Crippen molar-refractivity contribution in [1.82, 2.24) is 25.1 Å². The van der Waals surface area contributed by atoms with Crippen molar-refractivity contribution >= 4 is 17.8 Å². The van der Waals surface area contributed by atoms with Gasteiger partial charge in [-0.3, -0.25) is 9.59 Å². The summed E-state index contributed by atoms with van der Waals surface area (Å²) in [4.78, 5) is 44.9. The number of hydrogen-bond acceptors (Lipinski definition) is 6. The van der Waals surface area contributed by atoms with E-state index in [9.17, 15) is 14.4 Å². The number of carbonyl (C=O) groups excluding carboxylic acids is 3. The summed E-state index contributed by atoms with van der Waals surface area (Å²) in [5.74, 6) is 0.975. The first-order valence-electron chi connectivity index (χ1n) is 14.6. The number of carbonyl (C=O) groups is 3. The van der Waals surface area contributed by atoms with E-state index in [1.165, 1.54) is 0 Å². The van der Waals surface area contributed by atoms with Gasteiger partial charge < -0.3 is 24.6 Å². The molecule has 4 amide bonds. The maximum Gasteiger partial charge on any atom is 0.334 e. The van der Waals surface area contributed by atoms with E-state index in [4.69, 9.17) is 9.47 Å². The summed E-state index contributed by atoms with van der Waals surface area (Å²) in [7, 11) is 3.19. The summed E-state index contributed by atoms with van der Waals surface area (Å²) in [6.07, 6.45) is 0.289. The highest BCUT2D eigenvalue weighted by atomic mass is 16.5. The lowest BCUT2D eigenvalue weighted by molar-refractivity contribution is -0.189. The maximum atomic E-state index is 14.1. The largest absolute Gasteiger partial charge is 0.493 e. The van der Waals surface area contributed by atoms with E-state index in [1.54, 1.807) is 34.0 Å². The number of nitrogens with one attached hydrogen (secondary N) is 1. The second-order valence-corrected chi connectivity index (χ2v) is 10.7. The number of hydrogen-bond donors (Lipinski definition) is 1. The molecule has 0 spiro atoms. The lowest BCUT2D eigenvalue weighted by Crippen LogP contribution is -2.76. The van der Waals surface area contributed by atoms with Crippen LogP contribution in [0.5, 0.6) is 11.5 Å². The van der Waals surface area contributed by atoms with Crippen molar-refractivity contribution in [2.24, 2.45) is 0 Å². The smallest absolute Gasteiger partial charge is 0.334 e. The van der Waals surface area contributed by atoms with Gasteiger partial charge in [0.2, 0.25) is 11.8 Å². The number of benzene rings is 3. The predicted octanol–water partition coefficient (Wildman–Crippen LogP) is 3.32. The van der Waals surface area contributed by atoms with Crippen LogP contribution in [0.3, 0.4) is 0 Å². The van der Waals surface area contributed by atoms with Crippen LogP contribution >= 0.6 is 0 Å².